The predicted molar refractivity (Wildman–Crippen MR) is 98.8 cm³/mol. The Morgan fingerprint density at radius 1 is 1.25 bits per heavy atom. The van der Waals surface area contributed by atoms with Crippen molar-refractivity contribution in [3.63, 3.8) is 0 Å². The van der Waals surface area contributed by atoms with Gasteiger partial charge < -0.3 is 15.1 Å². The number of hydrogen-bond acceptors (Lipinski definition) is 3. The fourth-order valence-corrected chi connectivity index (χ4v) is 3.53. The lowest BCUT2D eigenvalue weighted by Crippen LogP contribution is -2.41. The van der Waals surface area contributed by atoms with E-state index < -0.39 is 0 Å². The van der Waals surface area contributed by atoms with Gasteiger partial charge in [-0.1, -0.05) is 36.5 Å². The predicted octanol–water partition coefficient (Wildman–Crippen LogP) is 2.27. The average Bonchev–Trinajstić information content (AvgIpc) is 3.11. The second-order valence-corrected chi connectivity index (χ2v) is 7.13. The molecule has 1 fully saturated rings. The number of hydrogen-bond donors (Lipinski definition) is 1. The van der Waals surface area contributed by atoms with Crippen molar-refractivity contribution >= 4 is 5.91 Å². The van der Waals surface area contributed by atoms with Gasteiger partial charge >= 0.3 is 0 Å². The van der Waals surface area contributed by atoms with E-state index in [1.54, 1.807) is 0 Å². The van der Waals surface area contributed by atoms with E-state index in [1.807, 2.05) is 4.90 Å². The van der Waals surface area contributed by atoms with E-state index in [0.29, 0.717) is 12.6 Å². The van der Waals surface area contributed by atoms with Crippen molar-refractivity contribution in [3.05, 3.63) is 47.6 Å². The molecular formula is C20H29N3O. The minimum absolute atomic E-state index is 0.223. The third-order valence-corrected chi connectivity index (χ3v) is 5.19. The Bertz CT molecular complexity index is 586. The molecule has 24 heavy (non-hydrogen) atoms. The van der Waals surface area contributed by atoms with Gasteiger partial charge in [-0.3, -0.25) is 4.79 Å². The summed E-state index contributed by atoms with van der Waals surface area (Å²) in [4.78, 5) is 16.6. The number of carbonyl (C=O) groups excluding carboxylic acids is 1. The van der Waals surface area contributed by atoms with Crippen molar-refractivity contribution in [2.24, 2.45) is 0 Å². The number of amides is 1. The Kier molecular flexibility index (Phi) is 5.69. The lowest BCUT2D eigenvalue weighted by molar-refractivity contribution is -0.129. The first kappa shape index (κ1) is 17.2. The number of nitrogens with one attached hydrogen (secondary N) is 1. The van der Waals surface area contributed by atoms with Crippen LogP contribution in [-0.2, 0) is 4.79 Å². The molecule has 2 atom stereocenters. The molecule has 0 aromatic rings. The van der Waals surface area contributed by atoms with Crippen LogP contribution < -0.4 is 5.32 Å². The summed E-state index contributed by atoms with van der Waals surface area (Å²) >= 11 is 0. The van der Waals surface area contributed by atoms with Crippen molar-refractivity contribution in [1.82, 2.24) is 15.1 Å². The lowest BCUT2D eigenvalue weighted by Gasteiger charge is -2.22. The number of likely N-dealkylation sites (tertiary alicyclic amines) is 1. The second kappa shape index (κ2) is 7.95. The molecule has 0 saturated carbocycles. The third-order valence-electron chi connectivity index (χ3n) is 5.19. The molecule has 1 N–H and O–H groups in total. The van der Waals surface area contributed by atoms with Crippen LogP contribution in [0.3, 0.4) is 0 Å². The van der Waals surface area contributed by atoms with Crippen LogP contribution >= 0.6 is 0 Å². The molecular weight excluding hydrogens is 298 g/mol. The lowest BCUT2D eigenvalue weighted by atomic mass is 9.94. The fourth-order valence-electron chi connectivity index (χ4n) is 3.53. The van der Waals surface area contributed by atoms with E-state index in [1.165, 1.54) is 11.1 Å². The number of nitrogens with zero attached hydrogens (tertiary/aromatic N) is 2. The maximum absolute atomic E-state index is 12.4. The van der Waals surface area contributed by atoms with Gasteiger partial charge in [-0.25, -0.2) is 0 Å². The first-order chi connectivity index (χ1) is 11.6. The molecule has 1 aliphatic heterocycles. The maximum Gasteiger partial charge on any atom is 0.236 e. The summed E-state index contributed by atoms with van der Waals surface area (Å²) in [7, 11) is 4.18. The molecule has 3 rings (SSSR count). The first-order valence-electron chi connectivity index (χ1n) is 9.06. The minimum Gasteiger partial charge on any atom is -0.340 e. The van der Waals surface area contributed by atoms with E-state index in [-0.39, 0.29) is 11.9 Å². The van der Waals surface area contributed by atoms with Gasteiger partial charge in [-0.05, 0) is 50.9 Å². The standard InChI is InChI=1S/C20H29N3O/c1-22(2)19-12-13-23(15-19)20(24)14-21-18-10-8-17(9-11-18)16-6-4-3-5-7-16/h4,6-10,18-19,21H,3,5,11-15H2,1-2H3/t18-,19-/m1/s1. The third kappa shape index (κ3) is 4.25. The molecule has 1 amide bonds. The summed E-state index contributed by atoms with van der Waals surface area (Å²) in [5.74, 6) is 0.223. The Labute approximate surface area is 145 Å². The number of likely N-dealkylation sites (N-methyl/N-ethyl adjacent to an activating group) is 1. The number of rotatable bonds is 5. The largest absolute Gasteiger partial charge is 0.340 e. The first-order valence-corrected chi connectivity index (χ1v) is 9.06. The van der Waals surface area contributed by atoms with Crippen molar-refractivity contribution < 1.29 is 4.79 Å². The molecule has 0 aromatic carbocycles. The quantitative estimate of drug-likeness (QED) is 0.841. The van der Waals surface area contributed by atoms with E-state index in [0.717, 1.165) is 38.8 Å². The monoisotopic (exact) mass is 327 g/mol. The second-order valence-electron chi connectivity index (χ2n) is 7.13. The normalized spacial score (nSPS) is 26.7. The molecule has 1 heterocycles. The van der Waals surface area contributed by atoms with E-state index in [2.05, 4.69) is 60.8 Å². The summed E-state index contributed by atoms with van der Waals surface area (Å²) in [6.45, 7) is 2.17. The van der Waals surface area contributed by atoms with Crippen molar-refractivity contribution in [1.29, 1.82) is 0 Å². The Hall–Kier alpha value is -1.65. The Morgan fingerprint density at radius 3 is 2.71 bits per heavy atom. The zero-order valence-electron chi connectivity index (χ0n) is 14.9. The molecule has 1 saturated heterocycles. The highest BCUT2D eigenvalue weighted by molar-refractivity contribution is 5.78. The molecule has 0 bridgehead atoms. The maximum atomic E-state index is 12.4. The highest BCUT2D eigenvalue weighted by atomic mass is 16.2. The van der Waals surface area contributed by atoms with Gasteiger partial charge in [0.1, 0.15) is 0 Å². The minimum atomic E-state index is 0.223. The Morgan fingerprint density at radius 2 is 2.08 bits per heavy atom. The summed E-state index contributed by atoms with van der Waals surface area (Å²) < 4.78 is 0. The van der Waals surface area contributed by atoms with E-state index in [4.69, 9.17) is 0 Å². The fraction of sp³-hybridized carbons (Fsp3) is 0.550. The number of allylic oxidation sites excluding steroid dienone is 6. The molecule has 4 heteroatoms. The zero-order valence-corrected chi connectivity index (χ0v) is 14.9. The van der Waals surface area contributed by atoms with Gasteiger partial charge in [-0.2, -0.15) is 0 Å². The molecule has 0 aromatic heterocycles. The van der Waals surface area contributed by atoms with Crippen molar-refractivity contribution in [2.45, 2.75) is 37.8 Å². The van der Waals surface area contributed by atoms with Crippen LogP contribution in [0.15, 0.2) is 47.6 Å². The van der Waals surface area contributed by atoms with Crippen molar-refractivity contribution in [3.8, 4) is 0 Å². The molecule has 0 unspecified atom stereocenters. The van der Waals surface area contributed by atoms with Crippen LogP contribution in [0.25, 0.3) is 0 Å². The summed E-state index contributed by atoms with van der Waals surface area (Å²) in [5.41, 5.74) is 2.64. The van der Waals surface area contributed by atoms with Crippen LogP contribution in [0.5, 0.6) is 0 Å². The SMILES string of the molecule is CN(C)[C@@H]1CCN(C(=O)CN[C@@H]2C=CC(C3=CCCC=C3)=CC2)C1. The molecule has 3 aliphatic rings. The molecule has 4 nitrogen and oxygen atoms in total. The topological polar surface area (TPSA) is 35.6 Å². The molecule has 0 spiro atoms. The van der Waals surface area contributed by atoms with Crippen LogP contribution in [0.2, 0.25) is 0 Å². The highest BCUT2D eigenvalue weighted by Gasteiger charge is 2.27. The van der Waals surface area contributed by atoms with Crippen LogP contribution in [0, 0.1) is 0 Å². The Balaban J connectivity index is 1.43. The van der Waals surface area contributed by atoms with E-state index >= 15 is 0 Å². The molecule has 130 valence electrons. The van der Waals surface area contributed by atoms with Crippen LogP contribution in [0.1, 0.15) is 25.7 Å². The van der Waals surface area contributed by atoms with Gasteiger partial charge in [-0.15, -0.1) is 0 Å². The van der Waals surface area contributed by atoms with Gasteiger partial charge in [0.15, 0.2) is 0 Å². The molecule has 2 aliphatic carbocycles. The van der Waals surface area contributed by atoms with Gasteiger partial charge in [0.2, 0.25) is 5.91 Å². The van der Waals surface area contributed by atoms with Crippen LogP contribution in [-0.4, -0.2) is 61.5 Å². The van der Waals surface area contributed by atoms with Gasteiger partial charge in [0, 0.05) is 25.2 Å². The summed E-state index contributed by atoms with van der Waals surface area (Å²) in [6, 6.07) is 0.768. The van der Waals surface area contributed by atoms with E-state index in [9.17, 15) is 4.79 Å². The van der Waals surface area contributed by atoms with Gasteiger partial charge in [0.05, 0.1) is 6.54 Å². The van der Waals surface area contributed by atoms with Crippen molar-refractivity contribution in [2.75, 3.05) is 33.7 Å². The van der Waals surface area contributed by atoms with Gasteiger partial charge in [0.25, 0.3) is 0 Å². The summed E-state index contributed by atoms with van der Waals surface area (Å²) in [6.07, 6.45) is 17.7. The van der Waals surface area contributed by atoms with Crippen LogP contribution in [0.4, 0.5) is 0 Å². The molecule has 0 radical (unpaired) electrons. The smallest absolute Gasteiger partial charge is 0.236 e. The highest BCUT2D eigenvalue weighted by Crippen LogP contribution is 2.23. The number of carbonyl (C=O) groups is 1. The average molecular weight is 327 g/mol. The zero-order chi connectivity index (χ0) is 16.9. The summed E-state index contributed by atoms with van der Waals surface area (Å²) in [5, 5.41) is 3.39.